The predicted octanol–water partition coefficient (Wildman–Crippen LogP) is 7.65. The number of ether oxygens (including phenoxy) is 2. The van der Waals surface area contributed by atoms with Gasteiger partial charge in [-0.25, -0.2) is 0 Å². The number of benzene rings is 4. The molecule has 0 saturated heterocycles. The lowest BCUT2D eigenvalue weighted by atomic mass is 10.1. The fourth-order valence-corrected chi connectivity index (χ4v) is 6.07. The van der Waals surface area contributed by atoms with Crippen LogP contribution in [0.5, 0.6) is 11.5 Å². The topological polar surface area (TPSA) is 106 Å². The summed E-state index contributed by atoms with van der Waals surface area (Å²) in [5.74, 6) is 0.00646. The third kappa shape index (κ3) is 8.44. The van der Waals surface area contributed by atoms with E-state index in [1.165, 1.54) is 23.1 Å². The van der Waals surface area contributed by atoms with Crippen LogP contribution in [0.25, 0.3) is 6.08 Å². The molecule has 0 aliphatic heterocycles. The standard InChI is InChI=1S/C36H31N3O5S2/c1-43-28-15-18-32(44-2)30(22-28)38-36(42)33(25-9-5-3-6-10-25)46-29-16-13-27(14-17-29)37-35(41)31(21-24-19-20-45-23-24)39-34(40)26-11-7-4-8-12-26/h3-23,33H,1-2H3,(H,37,41)(H,38,42)(H,39,40)/b31-21-. The highest BCUT2D eigenvalue weighted by Crippen LogP contribution is 2.38. The summed E-state index contributed by atoms with van der Waals surface area (Å²) in [6.07, 6.45) is 1.64. The van der Waals surface area contributed by atoms with Crippen LogP contribution in [0.2, 0.25) is 0 Å². The molecule has 3 amide bonds. The van der Waals surface area contributed by atoms with E-state index in [1.54, 1.807) is 74.9 Å². The number of carbonyl (C=O) groups excluding carboxylic acids is 3. The Morgan fingerprint density at radius 1 is 0.804 bits per heavy atom. The maximum Gasteiger partial charge on any atom is 0.272 e. The van der Waals surface area contributed by atoms with E-state index in [0.29, 0.717) is 28.4 Å². The Bertz CT molecular complexity index is 1810. The van der Waals surface area contributed by atoms with Gasteiger partial charge in [-0.15, -0.1) is 11.8 Å². The molecule has 4 aromatic carbocycles. The minimum atomic E-state index is -0.592. The van der Waals surface area contributed by atoms with Crippen molar-refractivity contribution in [3.8, 4) is 11.5 Å². The minimum Gasteiger partial charge on any atom is -0.497 e. The molecule has 1 aromatic heterocycles. The summed E-state index contributed by atoms with van der Waals surface area (Å²) in [7, 11) is 3.10. The summed E-state index contributed by atoms with van der Waals surface area (Å²) in [5.41, 5.74) is 3.20. The van der Waals surface area contributed by atoms with Gasteiger partial charge >= 0.3 is 0 Å². The van der Waals surface area contributed by atoms with Crippen LogP contribution in [-0.4, -0.2) is 31.9 Å². The molecule has 1 unspecified atom stereocenters. The molecule has 1 atom stereocenters. The molecule has 8 nitrogen and oxygen atoms in total. The molecule has 0 aliphatic rings. The average molecular weight is 650 g/mol. The second-order valence-corrected chi connectivity index (χ2v) is 11.8. The Balaban J connectivity index is 1.32. The van der Waals surface area contributed by atoms with Crippen molar-refractivity contribution >= 4 is 58.3 Å². The van der Waals surface area contributed by atoms with Gasteiger partial charge in [0, 0.05) is 22.2 Å². The normalized spacial score (nSPS) is 11.7. The van der Waals surface area contributed by atoms with Crippen molar-refractivity contribution in [2.24, 2.45) is 0 Å². The number of methoxy groups -OCH3 is 2. The monoisotopic (exact) mass is 649 g/mol. The van der Waals surface area contributed by atoms with Crippen molar-refractivity contribution in [3.63, 3.8) is 0 Å². The number of hydrogen-bond donors (Lipinski definition) is 3. The lowest BCUT2D eigenvalue weighted by molar-refractivity contribution is -0.116. The van der Waals surface area contributed by atoms with Crippen LogP contribution in [0.4, 0.5) is 11.4 Å². The van der Waals surface area contributed by atoms with Crippen molar-refractivity contribution in [1.82, 2.24) is 5.32 Å². The summed E-state index contributed by atoms with van der Waals surface area (Å²) >= 11 is 2.86. The molecule has 0 radical (unpaired) electrons. The fraction of sp³-hybridized carbons (Fsp3) is 0.0833. The van der Waals surface area contributed by atoms with Gasteiger partial charge in [-0.2, -0.15) is 11.3 Å². The van der Waals surface area contributed by atoms with Gasteiger partial charge in [0.1, 0.15) is 22.4 Å². The van der Waals surface area contributed by atoms with Gasteiger partial charge < -0.3 is 25.4 Å². The van der Waals surface area contributed by atoms with Crippen molar-refractivity contribution < 1.29 is 23.9 Å². The summed E-state index contributed by atoms with van der Waals surface area (Å²) in [5, 5.41) is 11.8. The summed E-state index contributed by atoms with van der Waals surface area (Å²) in [6.45, 7) is 0. The van der Waals surface area contributed by atoms with Gasteiger partial charge in [-0.1, -0.05) is 48.5 Å². The van der Waals surface area contributed by atoms with E-state index in [1.807, 2.05) is 65.4 Å². The van der Waals surface area contributed by atoms with E-state index < -0.39 is 11.2 Å². The van der Waals surface area contributed by atoms with Gasteiger partial charge in [0.15, 0.2) is 0 Å². The zero-order valence-corrected chi connectivity index (χ0v) is 26.7. The van der Waals surface area contributed by atoms with Crippen molar-refractivity contribution in [1.29, 1.82) is 0 Å². The highest BCUT2D eigenvalue weighted by molar-refractivity contribution is 8.00. The lowest BCUT2D eigenvalue weighted by Crippen LogP contribution is -2.30. The van der Waals surface area contributed by atoms with Crippen LogP contribution < -0.4 is 25.4 Å². The molecule has 0 saturated carbocycles. The first-order chi connectivity index (χ1) is 22.4. The van der Waals surface area contributed by atoms with Crippen LogP contribution >= 0.6 is 23.1 Å². The number of anilines is 2. The third-order valence-electron chi connectivity index (χ3n) is 6.75. The van der Waals surface area contributed by atoms with Gasteiger partial charge in [0.25, 0.3) is 11.8 Å². The Morgan fingerprint density at radius 3 is 2.17 bits per heavy atom. The van der Waals surface area contributed by atoms with E-state index in [4.69, 9.17) is 9.47 Å². The second kappa shape index (κ2) is 15.6. The van der Waals surface area contributed by atoms with Crippen molar-refractivity contribution in [3.05, 3.63) is 142 Å². The Labute approximate surface area is 275 Å². The lowest BCUT2D eigenvalue weighted by Gasteiger charge is -2.19. The molecule has 0 spiro atoms. The number of carbonyl (C=O) groups is 3. The fourth-order valence-electron chi connectivity index (χ4n) is 4.43. The molecule has 0 fully saturated rings. The largest absolute Gasteiger partial charge is 0.497 e. The molecule has 5 aromatic rings. The van der Waals surface area contributed by atoms with Crippen LogP contribution in [0.15, 0.2) is 131 Å². The van der Waals surface area contributed by atoms with Crippen LogP contribution in [0.1, 0.15) is 26.7 Å². The molecule has 3 N–H and O–H groups in total. The van der Waals surface area contributed by atoms with Crippen LogP contribution in [0.3, 0.4) is 0 Å². The summed E-state index contributed by atoms with van der Waals surface area (Å²) < 4.78 is 10.8. The van der Waals surface area contributed by atoms with Crippen LogP contribution in [-0.2, 0) is 9.59 Å². The van der Waals surface area contributed by atoms with Gasteiger partial charge in [-0.05, 0) is 82.6 Å². The first-order valence-electron chi connectivity index (χ1n) is 14.2. The molecule has 1 heterocycles. The van der Waals surface area contributed by atoms with Crippen LogP contribution in [0, 0.1) is 0 Å². The average Bonchev–Trinajstić information content (AvgIpc) is 3.61. The Hall–Kier alpha value is -5.32. The highest BCUT2D eigenvalue weighted by Gasteiger charge is 2.24. The number of rotatable bonds is 12. The molecule has 0 bridgehead atoms. The van der Waals surface area contributed by atoms with E-state index in [2.05, 4.69) is 16.0 Å². The van der Waals surface area contributed by atoms with Gasteiger partial charge in [0.05, 0.1) is 19.9 Å². The zero-order chi connectivity index (χ0) is 32.3. The van der Waals surface area contributed by atoms with E-state index in [0.717, 1.165) is 16.0 Å². The quantitative estimate of drug-likeness (QED) is 0.0948. The molecule has 10 heteroatoms. The van der Waals surface area contributed by atoms with Gasteiger partial charge in [-0.3, -0.25) is 14.4 Å². The second-order valence-electron chi connectivity index (χ2n) is 9.88. The molecule has 232 valence electrons. The number of thioether (sulfide) groups is 1. The van der Waals surface area contributed by atoms with E-state index in [-0.39, 0.29) is 17.5 Å². The highest BCUT2D eigenvalue weighted by atomic mass is 32.2. The minimum absolute atomic E-state index is 0.111. The number of thiophene rings is 1. The maximum absolute atomic E-state index is 13.7. The molecule has 5 rings (SSSR count). The van der Waals surface area contributed by atoms with E-state index >= 15 is 0 Å². The number of amides is 3. The molecular weight excluding hydrogens is 619 g/mol. The van der Waals surface area contributed by atoms with E-state index in [9.17, 15) is 14.4 Å². The molecule has 0 aliphatic carbocycles. The Kier molecular flexibility index (Phi) is 10.9. The zero-order valence-electron chi connectivity index (χ0n) is 25.1. The third-order valence-corrected chi connectivity index (χ3v) is 8.72. The molecule has 46 heavy (non-hydrogen) atoms. The maximum atomic E-state index is 13.7. The first kappa shape index (κ1) is 32.1. The van der Waals surface area contributed by atoms with Crippen molar-refractivity contribution in [2.45, 2.75) is 10.1 Å². The summed E-state index contributed by atoms with van der Waals surface area (Å²) in [4.78, 5) is 40.7. The van der Waals surface area contributed by atoms with Crippen molar-refractivity contribution in [2.75, 3.05) is 24.9 Å². The first-order valence-corrected chi connectivity index (χ1v) is 16.0. The predicted molar refractivity (Wildman–Crippen MR) is 184 cm³/mol. The van der Waals surface area contributed by atoms with Gasteiger partial charge in [0.2, 0.25) is 5.91 Å². The SMILES string of the molecule is COc1ccc(OC)c(NC(=O)C(Sc2ccc(NC(=O)/C(=C/c3ccsc3)NC(=O)c3ccccc3)cc2)c2ccccc2)c1. The Morgan fingerprint density at radius 2 is 1.52 bits per heavy atom. The number of nitrogens with one attached hydrogen (secondary N) is 3. The smallest absolute Gasteiger partial charge is 0.272 e. The summed E-state index contributed by atoms with van der Waals surface area (Å²) in [6, 6.07) is 32.4. The number of hydrogen-bond acceptors (Lipinski definition) is 7. The molecular formula is C36H31N3O5S2.